The van der Waals surface area contributed by atoms with Gasteiger partial charge in [-0.1, -0.05) is 80.3 Å². The Bertz CT molecular complexity index is 1980. The fourth-order valence-electron chi connectivity index (χ4n) is 22.3. The molecule has 0 aromatic heterocycles. The van der Waals surface area contributed by atoms with E-state index in [-0.39, 0.29) is 5.41 Å². The minimum absolute atomic E-state index is 0.203. The Morgan fingerprint density at radius 2 is 0.914 bits per heavy atom. The molecule has 58 heavy (non-hydrogen) atoms. The second-order valence-corrected chi connectivity index (χ2v) is 26.0. The number of benzene rings is 2. The lowest BCUT2D eigenvalue weighted by molar-refractivity contribution is -0.0318. The van der Waals surface area contributed by atoms with Crippen molar-refractivity contribution in [1.82, 2.24) is 0 Å². The van der Waals surface area contributed by atoms with Gasteiger partial charge in [0.25, 0.3) is 0 Å². The molecule has 0 spiro atoms. The van der Waals surface area contributed by atoms with Crippen molar-refractivity contribution in [3.8, 4) is 11.1 Å². The van der Waals surface area contributed by atoms with Gasteiger partial charge in [0.15, 0.2) is 0 Å². The molecule has 0 radical (unpaired) electrons. The minimum atomic E-state index is 0.203. The highest BCUT2D eigenvalue weighted by atomic mass is 14.7. The van der Waals surface area contributed by atoms with E-state index in [0.717, 1.165) is 65.1 Å². The average Bonchev–Trinajstić information content (AvgIpc) is 3.85. The summed E-state index contributed by atoms with van der Waals surface area (Å²) in [5.41, 5.74) is 18.0. The predicted octanol–water partition coefficient (Wildman–Crippen LogP) is 15.0. The molecule has 2 aromatic rings. The number of rotatable bonds is 5. The third-order valence-corrected chi connectivity index (χ3v) is 22.8. The second kappa shape index (κ2) is 11.5. The Hall–Kier alpha value is -2.08. The molecule has 2 aromatic carbocycles. The van der Waals surface area contributed by atoms with Crippen LogP contribution >= 0.6 is 0 Å². The van der Waals surface area contributed by atoms with Crippen molar-refractivity contribution in [3.63, 3.8) is 0 Å². The number of fused-ring (bicyclic) bond motifs is 5. The lowest BCUT2D eigenvalue weighted by Crippen LogP contribution is -2.48. The second-order valence-electron chi connectivity index (χ2n) is 26.0. The summed E-state index contributed by atoms with van der Waals surface area (Å²) in [5, 5.41) is 0. The maximum atomic E-state index is 3.03. The van der Waals surface area contributed by atoms with Crippen molar-refractivity contribution in [3.05, 3.63) is 81.4 Å². The zero-order valence-corrected chi connectivity index (χ0v) is 36.3. The molecule has 18 rings (SSSR count). The smallest absolute Gasteiger partial charge is 0.0204 e. The van der Waals surface area contributed by atoms with Crippen molar-refractivity contribution in [2.45, 2.75) is 178 Å². The molecule has 16 aliphatic rings. The third kappa shape index (κ3) is 4.37. The maximum absolute atomic E-state index is 3.03. The quantitative estimate of drug-likeness (QED) is 0.284. The first-order valence-corrected chi connectivity index (χ1v) is 26.0. The summed E-state index contributed by atoms with van der Waals surface area (Å²) in [5.74, 6) is 11.8. The highest BCUT2D eigenvalue weighted by molar-refractivity contribution is 5.82. The van der Waals surface area contributed by atoms with Crippen LogP contribution in [0.15, 0.2) is 59.2 Å². The Morgan fingerprint density at radius 3 is 1.34 bits per heavy atom. The normalized spacial score (nSPS) is 50.5. The Kier molecular flexibility index (Phi) is 6.83. The van der Waals surface area contributed by atoms with Gasteiger partial charge in [0, 0.05) is 11.3 Å². The molecule has 13 fully saturated rings. The van der Waals surface area contributed by atoms with E-state index in [4.69, 9.17) is 0 Å². The van der Waals surface area contributed by atoms with Crippen molar-refractivity contribution < 1.29 is 0 Å². The van der Waals surface area contributed by atoms with Gasteiger partial charge < -0.3 is 0 Å². The molecule has 0 saturated heterocycles. The predicted molar refractivity (Wildman–Crippen MR) is 236 cm³/mol. The van der Waals surface area contributed by atoms with Crippen molar-refractivity contribution in [2.24, 2.45) is 81.8 Å². The van der Waals surface area contributed by atoms with E-state index < -0.39 is 0 Å². The highest BCUT2D eigenvalue weighted by Gasteiger charge is 2.64. The van der Waals surface area contributed by atoms with Gasteiger partial charge >= 0.3 is 0 Å². The van der Waals surface area contributed by atoms with Crippen LogP contribution in [0.1, 0.15) is 190 Å². The zero-order valence-electron chi connectivity index (χ0n) is 36.3. The van der Waals surface area contributed by atoms with Crippen LogP contribution in [-0.4, -0.2) is 0 Å². The first-order valence-electron chi connectivity index (χ1n) is 26.0. The summed E-state index contributed by atoms with van der Waals surface area (Å²) < 4.78 is 0. The SMILES string of the molecule is CC(C)C1(C2c3ccc(C45CC6CC(CC(C6)C4)C5)cc3-c3cc(C45CC6CC(CC(C6)C4)C5)ccc32)C2=C(CC(C34CC5CC(CC(C5)C3)C4)=C2)C2CCCCC21. The van der Waals surface area contributed by atoms with E-state index in [1.165, 1.54) is 128 Å². The maximum Gasteiger partial charge on any atom is 0.0204 e. The number of hydrogen-bond donors (Lipinski definition) is 0. The molecule has 16 aliphatic carbocycles. The van der Waals surface area contributed by atoms with Crippen LogP contribution in [0.2, 0.25) is 0 Å². The largest absolute Gasteiger partial charge is 0.0619 e. The van der Waals surface area contributed by atoms with E-state index >= 15 is 0 Å². The van der Waals surface area contributed by atoms with Crippen LogP contribution in [-0.2, 0) is 10.8 Å². The standard InChI is InChI=1S/C58H72/c1-33(2)58(52-6-4-3-5-46(52)51-22-45(23-53(51)58)57-30-40-17-41(31-57)19-42(18-40)32-57)54-47-9-7-43(55-24-34-11-35(25-55)13-36(12-34)26-55)20-49(47)50-21-44(8-10-48(50)54)56-27-37-14-38(28-56)16-39(15-37)29-56/h7-10,20-21,23,33-42,46,52,54H,3-6,11-19,22,24-32H2,1-2H3. The zero-order chi connectivity index (χ0) is 37.9. The van der Waals surface area contributed by atoms with Crippen LogP contribution in [0.25, 0.3) is 11.1 Å². The first-order chi connectivity index (χ1) is 28.3. The fourth-order valence-corrected chi connectivity index (χ4v) is 22.3. The van der Waals surface area contributed by atoms with Crippen LogP contribution < -0.4 is 0 Å². The number of hydrogen-bond acceptors (Lipinski definition) is 0. The van der Waals surface area contributed by atoms with Gasteiger partial charge in [-0.25, -0.2) is 0 Å². The van der Waals surface area contributed by atoms with Gasteiger partial charge in [0.1, 0.15) is 0 Å². The summed E-state index contributed by atoms with van der Waals surface area (Å²) in [6.07, 6.45) is 37.6. The van der Waals surface area contributed by atoms with Gasteiger partial charge in [-0.3, -0.25) is 0 Å². The molecule has 0 nitrogen and oxygen atoms in total. The van der Waals surface area contributed by atoms with Crippen LogP contribution in [0.4, 0.5) is 0 Å². The summed E-state index contributed by atoms with van der Waals surface area (Å²) in [6, 6.07) is 17.0. The van der Waals surface area contributed by atoms with Crippen LogP contribution in [0, 0.1) is 81.8 Å². The molecule has 0 N–H and O–H groups in total. The van der Waals surface area contributed by atoms with Gasteiger partial charge in [0.2, 0.25) is 0 Å². The van der Waals surface area contributed by atoms with E-state index in [2.05, 4.69) is 56.3 Å². The molecular formula is C58H72. The Balaban J connectivity index is 0.917. The first kappa shape index (κ1) is 34.5. The average molecular weight is 769 g/mol. The van der Waals surface area contributed by atoms with Crippen molar-refractivity contribution in [1.29, 1.82) is 0 Å². The molecule has 0 heterocycles. The molecule has 0 aliphatic heterocycles. The molecule has 304 valence electrons. The highest BCUT2D eigenvalue weighted by Crippen LogP contribution is 2.74. The van der Waals surface area contributed by atoms with Gasteiger partial charge in [0.05, 0.1) is 0 Å². The van der Waals surface area contributed by atoms with Gasteiger partial charge in [-0.2, -0.15) is 0 Å². The van der Waals surface area contributed by atoms with Crippen molar-refractivity contribution >= 4 is 0 Å². The Labute approximate surface area is 351 Å². The minimum Gasteiger partial charge on any atom is -0.0619 e. The van der Waals surface area contributed by atoms with E-state index in [0.29, 0.717) is 28.1 Å². The Morgan fingerprint density at radius 1 is 0.500 bits per heavy atom. The molecule has 0 heteroatoms. The van der Waals surface area contributed by atoms with Crippen LogP contribution in [0.3, 0.4) is 0 Å². The molecule has 3 unspecified atom stereocenters. The molecule has 3 atom stereocenters. The van der Waals surface area contributed by atoms with Gasteiger partial charge in [-0.05, 0) is 261 Å². The van der Waals surface area contributed by atoms with E-state index in [9.17, 15) is 0 Å². The topological polar surface area (TPSA) is 0 Å². The molecule has 13 saturated carbocycles. The summed E-state index contributed by atoms with van der Waals surface area (Å²) in [6.45, 7) is 5.42. The van der Waals surface area contributed by atoms with E-state index in [1.807, 2.05) is 16.7 Å². The number of allylic oxidation sites excluding steroid dienone is 4. The summed E-state index contributed by atoms with van der Waals surface area (Å²) in [7, 11) is 0. The summed E-state index contributed by atoms with van der Waals surface area (Å²) >= 11 is 0. The lowest BCUT2D eigenvalue weighted by Gasteiger charge is -2.58. The van der Waals surface area contributed by atoms with Crippen LogP contribution in [0.5, 0.6) is 0 Å². The molecule has 12 bridgehead atoms. The summed E-state index contributed by atoms with van der Waals surface area (Å²) in [4.78, 5) is 0. The van der Waals surface area contributed by atoms with Gasteiger partial charge in [-0.15, -0.1) is 0 Å². The van der Waals surface area contributed by atoms with E-state index in [1.54, 1.807) is 52.6 Å². The molecule has 0 amide bonds. The lowest BCUT2D eigenvalue weighted by atomic mass is 9.47. The fraction of sp³-hybridized carbons (Fsp3) is 0.724. The molecular weight excluding hydrogens is 697 g/mol. The van der Waals surface area contributed by atoms with Crippen molar-refractivity contribution in [2.75, 3.05) is 0 Å². The monoisotopic (exact) mass is 769 g/mol. The third-order valence-electron chi connectivity index (χ3n) is 22.8.